The molecule has 2 heterocycles. The van der Waals surface area contributed by atoms with Gasteiger partial charge in [-0.15, -0.1) is 11.3 Å². The predicted octanol–water partition coefficient (Wildman–Crippen LogP) is 3.24. The molecule has 0 aromatic carbocycles. The Kier molecular flexibility index (Phi) is 5.20. The van der Waals surface area contributed by atoms with Crippen LogP contribution in [0.4, 0.5) is 0 Å². The van der Waals surface area contributed by atoms with Gasteiger partial charge in [0.25, 0.3) is 5.91 Å². The lowest BCUT2D eigenvalue weighted by atomic mass is 10.2. The van der Waals surface area contributed by atoms with Crippen LogP contribution in [0, 0.1) is 6.92 Å². The van der Waals surface area contributed by atoms with Crippen LogP contribution in [-0.4, -0.2) is 31.4 Å². The molecule has 114 valence electrons. The van der Waals surface area contributed by atoms with E-state index in [4.69, 9.17) is 4.42 Å². The number of aryl methyl sites for hydroxylation is 2. The number of likely N-dealkylation sites (N-methyl/N-ethyl adjacent to an activating group) is 1. The zero-order chi connectivity index (χ0) is 15.4. The molecule has 1 unspecified atom stereocenters. The Morgan fingerprint density at radius 3 is 2.76 bits per heavy atom. The van der Waals surface area contributed by atoms with Crippen LogP contribution in [0.2, 0.25) is 0 Å². The van der Waals surface area contributed by atoms with Gasteiger partial charge in [-0.2, -0.15) is 0 Å². The molecule has 0 fully saturated rings. The minimum atomic E-state index is -0.0128. The Hall–Kier alpha value is -1.59. The van der Waals surface area contributed by atoms with Gasteiger partial charge in [0.2, 0.25) is 0 Å². The third-order valence-corrected chi connectivity index (χ3v) is 4.67. The summed E-state index contributed by atoms with van der Waals surface area (Å²) in [5.74, 6) is 0.845. The minimum Gasteiger partial charge on any atom is -0.468 e. The highest BCUT2D eigenvalue weighted by Crippen LogP contribution is 2.22. The Balaban J connectivity index is 2.02. The standard InChI is InChI=1S/C16H22N2O2S/c1-5-12-9-15(21-11(12)2)16(19)17-10-13(18(3)4)14-7-6-8-20-14/h6-9,13H,5,10H2,1-4H3,(H,17,19). The highest BCUT2D eigenvalue weighted by atomic mass is 32.1. The molecule has 2 rings (SSSR count). The molecule has 0 radical (unpaired) electrons. The summed E-state index contributed by atoms with van der Waals surface area (Å²) in [6.07, 6.45) is 2.62. The molecular weight excluding hydrogens is 284 g/mol. The van der Waals surface area contributed by atoms with Crippen molar-refractivity contribution >= 4 is 17.2 Å². The Morgan fingerprint density at radius 1 is 1.48 bits per heavy atom. The monoisotopic (exact) mass is 306 g/mol. The Bertz CT molecular complexity index is 587. The van der Waals surface area contributed by atoms with Crippen molar-refractivity contribution < 1.29 is 9.21 Å². The Morgan fingerprint density at radius 2 is 2.24 bits per heavy atom. The molecule has 0 aliphatic carbocycles. The van der Waals surface area contributed by atoms with Crippen LogP contribution < -0.4 is 5.32 Å². The highest BCUT2D eigenvalue weighted by Gasteiger charge is 2.19. The van der Waals surface area contributed by atoms with E-state index >= 15 is 0 Å². The van der Waals surface area contributed by atoms with Gasteiger partial charge in [0.15, 0.2) is 0 Å². The highest BCUT2D eigenvalue weighted by molar-refractivity contribution is 7.14. The molecule has 1 N–H and O–H groups in total. The summed E-state index contributed by atoms with van der Waals surface area (Å²) < 4.78 is 5.45. The fourth-order valence-electron chi connectivity index (χ4n) is 2.28. The second-order valence-electron chi connectivity index (χ2n) is 5.25. The first kappa shape index (κ1) is 15.8. The average Bonchev–Trinajstić information content (AvgIpc) is 3.07. The normalized spacial score (nSPS) is 12.6. The van der Waals surface area contributed by atoms with E-state index in [2.05, 4.69) is 19.2 Å². The second-order valence-corrected chi connectivity index (χ2v) is 6.51. The first-order valence-electron chi connectivity index (χ1n) is 7.10. The number of hydrogen-bond donors (Lipinski definition) is 1. The zero-order valence-corrected chi connectivity index (χ0v) is 13.8. The number of nitrogens with zero attached hydrogens (tertiary/aromatic N) is 1. The molecule has 0 aliphatic rings. The van der Waals surface area contributed by atoms with Gasteiger partial charge < -0.3 is 9.73 Å². The van der Waals surface area contributed by atoms with Crippen LogP contribution in [0.1, 0.15) is 38.8 Å². The first-order chi connectivity index (χ1) is 10.0. The van der Waals surface area contributed by atoms with Crippen molar-refractivity contribution in [3.05, 3.63) is 45.5 Å². The number of furan rings is 1. The lowest BCUT2D eigenvalue weighted by molar-refractivity contribution is 0.0943. The maximum atomic E-state index is 12.3. The molecular formula is C16H22N2O2S. The number of nitrogens with one attached hydrogen (secondary N) is 1. The van der Waals surface area contributed by atoms with Gasteiger partial charge in [-0.05, 0) is 51.2 Å². The van der Waals surface area contributed by atoms with Crippen LogP contribution in [0.25, 0.3) is 0 Å². The van der Waals surface area contributed by atoms with Crippen molar-refractivity contribution in [2.24, 2.45) is 0 Å². The SMILES string of the molecule is CCc1cc(C(=O)NCC(c2ccco2)N(C)C)sc1C. The van der Waals surface area contributed by atoms with Crippen LogP contribution in [0.3, 0.4) is 0 Å². The quantitative estimate of drug-likeness (QED) is 0.891. The van der Waals surface area contributed by atoms with E-state index in [1.807, 2.05) is 37.2 Å². The molecule has 1 atom stereocenters. The zero-order valence-electron chi connectivity index (χ0n) is 13.0. The third-order valence-electron chi connectivity index (χ3n) is 3.58. The van der Waals surface area contributed by atoms with E-state index in [9.17, 15) is 4.79 Å². The fraction of sp³-hybridized carbons (Fsp3) is 0.438. The van der Waals surface area contributed by atoms with Crippen molar-refractivity contribution in [1.29, 1.82) is 0 Å². The molecule has 21 heavy (non-hydrogen) atoms. The van der Waals surface area contributed by atoms with Crippen molar-refractivity contribution in [3.63, 3.8) is 0 Å². The molecule has 0 bridgehead atoms. The van der Waals surface area contributed by atoms with Crippen molar-refractivity contribution in [2.75, 3.05) is 20.6 Å². The van der Waals surface area contributed by atoms with Crippen LogP contribution >= 0.6 is 11.3 Å². The molecule has 0 spiro atoms. The van der Waals surface area contributed by atoms with E-state index in [-0.39, 0.29) is 11.9 Å². The van der Waals surface area contributed by atoms with Gasteiger partial charge >= 0.3 is 0 Å². The van der Waals surface area contributed by atoms with E-state index < -0.39 is 0 Å². The number of thiophene rings is 1. The molecule has 0 saturated heterocycles. The molecule has 0 aliphatic heterocycles. The van der Waals surface area contributed by atoms with Crippen molar-refractivity contribution in [2.45, 2.75) is 26.3 Å². The summed E-state index contributed by atoms with van der Waals surface area (Å²) in [5, 5.41) is 3.00. The maximum Gasteiger partial charge on any atom is 0.261 e. The van der Waals surface area contributed by atoms with E-state index in [0.717, 1.165) is 17.1 Å². The van der Waals surface area contributed by atoms with Crippen LogP contribution in [-0.2, 0) is 6.42 Å². The number of amides is 1. The molecule has 5 heteroatoms. The van der Waals surface area contributed by atoms with Crippen LogP contribution in [0.15, 0.2) is 28.9 Å². The molecule has 4 nitrogen and oxygen atoms in total. The molecule has 2 aromatic rings. The lowest BCUT2D eigenvalue weighted by Gasteiger charge is -2.22. The second kappa shape index (κ2) is 6.91. The van der Waals surface area contributed by atoms with Gasteiger partial charge in [-0.25, -0.2) is 0 Å². The van der Waals surface area contributed by atoms with Crippen LogP contribution in [0.5, 0.6) is 0 Å². The van der Waals surface area contributed by atoms with E-state index in [1.165, 1.54) is 10.4 Å². The first-order valence-corrected chi connectivity index (χ1v) is 7.92. The molecule has 2 aromatic heterocycles. The predicted molar refractivity (Wildman–Crippen MR) is 85.9 cm³/mol. The summed E-state index contributed by atoms with van der Waals surface area (Å²) >= 11 is 1.56. The summed E-state index contributed by atoms with van der Waals surface area (Å²) in [5.41, 5.74) is 1.25. The number of carbonyl (C=O) groups is 1. The fourth-order valence-corrected chi connectivity index (χ4v) is 3.31. The lowest BCUT2D eigenvalue weighted by Crippen LogP contribution is -2.34. The number of carbonyl (C=O) groups excluding carboxylic acids is 1. The Labute approximate surface area is 129 Å². The summed E-state index contributed by atoms with van der Waals surface area (Å²) in [4.78, 5) is 16.3. The summed E-state index contributed by atoms with van der Waals surface area (Å²) in [6, 6.07) is 5.83. The van der Waals surface area contributed by atoms with Gasteiger partial charge in [0.1, 0.15) is 5.76 Å². The van der Waals surface area contributed by atoms with Crippen molar-refractivity contribution in [1.82, 2.24) is 10.2 Å². The molecule has 0 saturated carbocycles. The largest absolute Gasteiger partial charge is 0.468 e. The van der Waals surface area contributed by atoms with E-state index in [0.29, 0.717) is 6.54 Å². The van der Waals surface area contributed by atoms with Gasteiger partial charge in [0, 0.05) is 11.4 Å². The van der Waals surface area contributed by atoms with Gasteiger partial charge in [-0.1, -0.05) is 6.92 Å². The maximum absolute atomic E-state index is 12.3. The number of rotatable bonds is 6. The minimum absolute atomic E-state index is 0.0128. The molecule has 1 amide bonds. The topological polar surface area (TPSA) is 45.5 Å². The van der Waals surface area contributed by atoms with Crippen molar-refractivity contribution in [3.8, 4) is 0 Å². The summed E-state index contributed by atoms with van der Waals surface area (Å²) in [7, 11) is 3.95. The van der Waals surface area contributed by atoms with Gasteiger partial charge in [-0.3, -0.25) is 9.69 Å². The third kappa shape index (κ3) is 3.74. The number of hydrogen-bond acceptors (Lipinski definition) is 4. The average molecular weight is 306 g/mol. The smallest absolute Gasteiger partial charge is 0.261 e. The summed E-state index contributed by atoms with van der Waals surface area (Å²) in [6.45, 7) is 4.69. The van der Waals surface area contributed by atoms with E-state index in [1.54, 1.807) is 17.6 Å². The van der Waals surface area contributed by atoms with Gasteiger partial charge in [0.05, 0.1) is 17.2 Å².